The van der Waals surface area contributed by atoms with Crippen LogP contribution in [0.4, 0.5) is 4.39 Å². The van der Waals surface area contributed by atoms with Gasteiger partial charge in [-0.25, -0.2) is 18.3 Å². The van der Waals surface area contributed by atoms with E-state index in [1.54, 1.807) is 0 Å². The number of rotatable bonds is 8. The fraction of sp³-hybridized carbons (Fsp3) is 0.304. The highest BCUT2D eigenvalue weighted by Gasteiger charge is 2.29. The molecule has 0 radical (unpaired) electrons. The Morgan fingerprint density at radius 3 is 2.84 bits per heavy atom. The molecule has 0 saturated heterocycles. The molecule has 14 heteroatoms. The molecule has 1 atom stereocenters. The van der Waals surface area contributed by atoms with Crippen LogP contribution in [-0.2, 0) is 40.7 Å². The van der Waals surface area contributed by atoms with E-state index in [1.165, 1.54) is 16.4 Å². The van der Waals surface area contributed by atoms with Gasteiger partial charge in [-0.05, 0) is 47.4 Å². The maximum absolute atomic E-state index is 14.1. The number of fused-ring (bicyclic) bond motifs is 2. The van der Waals surface area contributed by atoms with Crippen LogP contribution in [0.25, 0.3) is 33.5 Å². The number of aryl methyl sites for hydroxylation is 1. The highest BCUT2D eigenvalue weighted by atomic mass is 32.2. The maximum Gasteiger partial charge on any atom is 0.279 e. The Labute approximate surface area is 214 Å². The van der Waals surface area contributed by atoms with Crippen molar-refractivity contribution in [2.45, 2.75) is 26.3 Å². The third-order valence-corrected chi connectivity index (χ3v) is 8.46. The van der Waals surface area contributed by atoms with Crippen molar-refractivity contribution in [2.75, 3.05) is 18.8 Å². The Morgan fingerprint density at radius 2 is 2.08 bits per heavy atom. The molecule has 0 amide bonds. The van der Waals surface area contributed by atoms with Gasteiger partial charge in [0.2, 0.25) is 0 Å². The molecule has 1 aliphatic rings. The molecule has 0 bridgehead atoms. The number of aromatic amines is 2. The van der Waals surface area contributed by atoms with Crippen molar-refractivity contribution in [3.05, 3.63) is 53.1 Å². The second-order valence-corrected chi connectivity index (χ2v) is 11.5. The Balaban J connectivity index is 1.41. The van der Waals surface area contributed by atoms with E-state index in [2.05, 4.69) is 24.9 Å². The van der Waals surface area contributed by atoms with Crippen LogP contribution in [0, 0.1) is 5.82 Å². The largest absolute Gasteiger partial charge is 0.505 e. The van der Waals surface area contributed by atoms with E-state index in [9.17, 15) is 22.1 Å². The standard InChI is InChI=1S/C23H25FN6O5S2/c1-2-13-10-21(31)17(24)11-16(13)14-3-4-15-19(9-14)28-29-22(15)23-26-18-5-7-30(12-20(18)27-23)37(34,35)25-6-8-36(32)33/h3-4,9-11,25,31H,2,5-8,12H2,1H3,(H,26,27)(H,28,29)(H,32,33). The molecule has 3 heterocycles. The molecule has 0 fully saturated rings. The summed E-state index contributed by atoms with van der Waals surface area (Å²) in [5, 5.41) is 17.9. The normalized spacial score (nSPS) is 15.2. The number of H-pyrrole nitrogens is 2. The molecule has 0 saturated carbocycles. The molecule has 0 spiro atoms. The number of aromatic nitrogens is 4. The van der Waals surface area contributed by atoms with Gasteiger partial charge in [0.15, 0.2) is 28.5 Å². The second kappa shape index (κ2) is 9.95. The highest BCUT2D eigenvalue weighted by molar-refractivity contribution is 7.87. The van der Waals surface area contributed by atoms with Crippen LogP contribution in [-0.4, -0.2) is 65.6 Å². The Kier molecular flexibility index (Phi) is 6.85. The Bertz CT molecular complexity index is 1620. The average Bonchev–Trinajstić information content (AvgIpc) is 3.48. The summed E-state index contributed by atoms with van der Waals surface area (Å²) in [4.78, 5) is 7.83. The summed E-state index contributed by atoms with van der Waals surface area (Å²) in [6.45, 7) is 2.10. The van der Waals surface area contributed by atoms with E-state index in [1.807, 2.05) is 25.1 Å². The number of nitrogens with one attached hydrogen (secondary N) is 3. The number of nitrogens with zero attached hydrogens (tertiary/aromatic N) is 3. The molecule has 196 valence electrons. The van der Waals surface area contributed by atoms with E-state index < -0.39 is 27.1 Å². The molecule has 37 heavy (non-hydrogen) atoms. The highest BCUT2D eigenvalue weighted by Crippen LogP contribution is 2.34. The minimum Gasteiger partial charge on any atom is -0.505 e. The first kappa shape index (κ1) is 25.5. The number of phenols is 1. The van der Waals surface area contributed by atoms with Crippen molar-refractivity contribution >= 4 is 32.2 Å². The molecular weight excluding hydrogens is 523 g/mol. The minimum absolute atomic E-state index is 0.0819. The predicted octanol–water partition coefficient (Wildman–Crippen LogP) is 2.44. The third-order valence-electron chi connectivity index (χ3n) is 6.35. The van der Waals surface area contributed by atoms with E-state index in [0.717, 1.165) is 22.2 Å². The van der Waals surface area contributed by atoms with E-state index >= 15 is 0 Å². The fourth-order valence-electron chi connectivity index (χ4n) is 4.47. The van der Waals surface area contributed by atoms with Gasteiger partial charge < -0.3 is 14.6 Å². The number of benzene rings is 2. The first-order chi connectivity index (χ1) is 17.7. The van der Waals surface area contributed by atoms with Gasteiger partial charge in [0.05, 0.1) is 29.2 Å². The Morgan fingerprint density at radius 1 is 1.27 bits per heavy atom. The monoisotopic (exact) mass is 548 g/mol. The number of aromatic hydroxyl groups is 1. The number of imidazole rings is 1. The zero-order chi connectivity index (χ0) is 26.3. The topological polar surface area (TPSA) is 164 Å². The maximum atomic E-state index is 14.1. The van der Waals surface area contributed by atoms with Gasteiger partial charge >= 0.3 is 0 Å². The third kappa shape index (κ3) is 5.02. The first-order valence-electron chi connectivity index (χ1n) is 11.6. The van der Waals surface area contributed by atoms with Gasteiger partial charge in [0.1, 0.15) is 5.69 Å². The molecule has 2 aromatic heterocycles. The van der Waals surface area contributed by atoms with Crippen LogP contribution >= 0.6 is 0 Å². The zero-order valence-corrected chi connectivity index (χ0v) is 21.4. The fourth-order valence-corrected chi connectivity index (χ4v) is 6.05. The van der Waals surface area contributed by atoms with Crippen LogP contribution in [0.2, 0.25) is 0 Å². The quantitative estimate of drug-likeness (QED) is 0.211. The lowest BCUT2D eigenvalue weighted by atomic mass is 9.96. The molecule has 5 N–H and O–H groups in total. The SMILES string of the molecule is CCc1cc(O)c(F)cc1-c1ccc2c(-c3nc4c([nH]3)CN(S(=O)(=O)NCCS(=O)O)CC4)n[nH]c2c1. The predicted molar refractivity (Wildman–Crippen MR) is 137 cm³/mol. The smallest absolute Gasteiger partial charge is 0.279 e. The van der Waals surface area contributed by atoms with Crippen molar-refractivity contribution in [1.29, 1.82) is 0 Å². The first-order valence-corrected chi connectivity index (χ1v) is 14.3. The van der Waals surface area contributed by atoms with Gasteiger partial charge in [-0.15, -0.1) is 0 Å². The van der Waals surface area contributed by atoms with Crippen LogP contribution in [0.15, 0.2) is 30.3 Å². The lowest BCUT2D eigenvalue weighted by Gasteiger charge is -2.25. The zero-order valence-electron chi connectivity index (χ0n) is 19.8. The minimum atomic E-state index is -3.82. The number of hydrogen-bond acceptors (Lipinski definition) is 6. The molecule has 11 nitrogen and oxygen atoms in total. The molecular formula is C23H25FN6O5S2. The lowest BCUT2D eigenvalue weighted by molar-refractivity contribution is 0.379. The van der Waals surface area contributed by atoms with Gasteiger partial charge in [0, 0.05) is 24.9 Å². The van der Waals surface area contributed by atoms with Crippen LogP contribution in [0.1, 0.15) is 23.9 Å². The molecule has 2 aromatic carbocycles. The second-order valence-electron chi connectivity index (χ2n) is 8.67. The van der Waals surface area contributed by atoms with E-state index in [0.29, 0.717) is 41.1 Å². The number of hydrogen-bond donors (Lipinski definition) is 5. The summed E-state index contributed by atoms with van der Waals surface area (Å²) in [6.07, 6.45) is 1.02. The van der Waals surface area contributed by atoms with Crippen LogP contribution < -0.4 is 4.72 Å². The van der Waals surface area contributed by atoms with Crippen LogP contribution in [0.5, 0.6) is 5.75 Å². The van der Waals surface area contributed by atoms with Crippen molar-refractivity contribution in [3.8, 4) is 28.4 Å². The van der Waals surface area contributed by atoms with Crippen molar-refractivity contribution in [3.63, 3.8) is 0 Å². The van der Waals surface area contributed by atoms with Gasteiger partial charge in [-0.2, -0.15) is 17.8 Å². The van der Waals surface area contributed by atoms with Crippen LogP contribution in [0.3, 0.4) is 0 Å². The van der Waals surface area contributed by atoms with E-state index in [-0.39, 0.29) is 31.1 Å². The molecule has 5 rings (SSSR count). The molecule has 1 unspecified atom stereocenters. The summed E-state index contributed by atoms with van der Waals surface area (Å²) in [7, 11) is -3.82. The summed E-state index contributed by atoms with van der Waals surface area (Å²) in [5.74, 6) is -0.761. The van der Waals surface area contributed by atoms with Crippen molar-refractivity contribution in [2.24, 2.45) is 0 Å². The summed E-state index contributed by atoms with van der Waals surface area (Å²) < 4.78 is 62.5. The lowest BCUT2D eigenvalue weighted by Crippen LogP contribution is -2.44. The number of halogens is 1. The summed E-state index contributed by atoms with van der Waals surface area (Å²) in [6, 6.07) is 8.34. The average molecular weight is 549 g/mol. The molecule has 1 aliphatic heterocycles. The van der Waals surface area contributed by atoms with Crippen molar-refractivity contribution < 1.29 is 26.7 Å². The van der Waals surface area contributed by atoms with E-state index in [4.69, 9.17) is 4.55 Å². The molecule has 4 aromatic rings. The van der Waals surface area contributed by atoms with Gasteiger partial charge in [-0.3, -0.25) is 5.10 Å². The Hall–Kier alpha value is -3.17. The summed E-state index contributed by atoms with van der Waals surface area (Å²) >= 11 is -2.08. The van der Waals surface area contributed by atoms with Gasteiger partial charge in [0.25, 0.3) is 10.2 Å². The summed E-state index contributed by atoms with van der Waals surface area (Å²) in [5.41, 5.74) is 4.96. The van der Waals surface area contributed by atoms with Crippen molar-refractivity contribution in [1.82, 2.24) is 29.2 Å². The number of phenolic OH excluding ortho intramolecular Hbond substituents is 1. The van der Waals surface area contributed by atoms with Gasteiger partial charge in [-0.1, -0.05) is 13.0 Å². The molecule has 0 aliphatic carbocycles.